The second-order valence-corrected chi connectivity index (χ2v) is 4.68. The van der Waals surface area contributed by atoms with Crippen molar-refractivity contribution < 1.29 is 4.52 Å². The lowest BCUT2D eigenvalue weighted by atomic mass is 10.2. The molecule has 2 rings (SSSR count). The maximum Gasteiger partial charge on any atom is 0.257 e. The SMILES string of the molecule is CCCC(Cl)c1noc(-c2ccc(Cl)cc2)n1. The summed E-state index contributed by atoms with van der Waals surface area (Å²) in [6.45, 7) is 2.07. The number of hydrogen-bond acceptors (Lipinski definition) is 3. The van der Waals surface area contributed by atoms with E-state index in [-0.39, 0.29) is 5.38 Å². The molecule has 0 fully saturated rings. The lowest BCUT2D eigenvalue weighted by molar-refractivity contribution is 0.420. The molecule has 0 bridgehead atoms. The van der Waals surface area contributed by atoms with Gasteiger partial charge in [0.05, 0.1) is 5.38 Å². The second kappa shape index (κ2) is 5.52. The van der Waals surface area contributed by atoms with Gasteiger partial charge in [0.15, 0.2) is 5.82 Å². The average Bonchev–Trinajstić information content (AvgIpc) is 2.80. The molecule has 0 saturated heterocycles. The highest BCUT2D eigenvalue weighted by molar-refractivity contribution is 6.30. The number of nitrogens with zero attached hydrogens (tertiary/aromatic N) is 2. The van der Waals surface area contributed by atoms with Crippen molar-refractivity contribution in [1.82, 2.24) is 10.1 Å². The van der Waals surface area contributed by atoms with E-state index in [9.17, 15) is 0 Å². The fourth-order valence-corrected chi connectivity index (χ4v) is 1.89. The van der Waals surface area contributed by atoms with E-state index in [2.05, 4.69) is 17.1 Å². The van der Waals surface area contributed by atoms with Gasteiger partial charge in [-0.1, -0.05) is 30.1 Å². The van der Waals surface area contributed by atoms with Crippen molar-refractivity contribution in [1.29, 1.82) is 0 Å². The molecule has 0 spiro atoms. The molecule has 1 atom stereocenters. The smallest absolute Gasteiger partial charge is 0.257 e. The van der Waals surface area contributed by atoms with Crippen LogP contribution in [0, 0.1) is 0 Å². The highest BCUT2D eigenvalue weighted by Gasteiger charge is 2.15. The summed E-state index contributed by atoms with van der Waals surface area (Å²) in [5.74, 6) is 1.01. The Bertz CT molecular complexity index is 482. The van der Waals surface area contributed by atoms with E-state index in [0.29, 0.717) is 16.7 Å². The zero-order chi connectivity index (χ0) is 12.3. The van der Waals surface area contributed by atoms with Crippen LogP contribution < -0.4 is 0 Å². The predicted octanol–water partition coefficient (Wildman–Crippen LogP) is 4.47. The van der Waals surface area contributed by atoms with Crippen molar-refractivity contribution in [3.8, 4) is 11.5 Å². The van der Waals surface area contributed by atoms with Crippen molar-refractivity contribution in [2.45, 2.75) is 25.1 Å². The molecule has 0 saturated carbocycles. The largest absolute Gasteiger partial charge is 0.334 e. The minimum atomic E-state index is -0.190. The van der Waals surface area contributed by atoms with Gasteiger partial charge in [0.2, 0.25) is 0 Å². The minimum Gasteiger partial charge on any atom is -0.334 e. The normalized spacial score (nSPS) is 12.6. The van der Waals surface area contributed by atoms with Crippen LogP contribution in [0.3, 0.4) is 0 Å². The molecule has 0 aliphatic carbocycles. The van der Waals surface area contributed by atoms with Crippen LogP contribution in [0.1, 0.15) is 31.0 Å². The zero-order valence-electron chi connectivity index (χ0n) is 9.36. The molecule has 0 radical (unpaired) electrons. The average molecular weight is 271 g/mol. The summed E-state index contributed by atoms with van der Waals surface area (Å²) in [7, 11) is 0. The Balaban J connectivity index is 2.20. The Kier molecular flexibility index (Phi) is 4.02. The van der Waals surface area contributed by atoms with E-state index in [0.717, 1.165) is 18.4 Å². The molecule has 0 N–H and O–H groups in total. The monoisotopic (exact) mass is 270 g/mol. The van der Waals surface area contributed by atoms with E-state index in [1.165, 1.54) is 0 Å². The van der Waals surface area contributed by atoms with Gasteiger partial charge in [-0.2, -0.15) is 4.98 Å². The van der Waals surface area contributed by atoms with E-state index in [1.54, 1.807) is 12.1 Å². The molecule has 17 heavy (non-hydrogen) atoms. The van der Waals surface area contributed by atoms with Crippen LogP contribution in [0.15, 0.2) is 28.8 Å². The lowest BCUT2D eigenvalue weighted by Gasteiger charge is -1.99. The number of hydrogen-bond donors (Lipinski definition) is 0. The quantitative estimate of drug-likeness (QED) is 0.770. The van der Waals surface area contributed by atoms with E-state index >= 15 is 0 Å². The van der Waals surface area contributed by atoms with Crippen LogP contribution in [0.5, 0.6) is 0 Å². The van der Waals surface area contributed by atoms with Gasteiger partial charge in [0, 0.05) is 10.6 Å². The molecule has 1 aromatic carbocycles. The molecule has 1 unspecified atom stereocenters. The predicted molar refractivity (Wildman–Crippen MR) is 68.2 cm³/mol. The van der Waals surface area contributed by atoms with E-state index < -0.39 is 0 Å². The van der Waals surface area contributed by atoms with Crippen LogP contribution in [0.2, 0.25) is 5.02 Å². The van der Waals surface area contributed by atoms with Gasteiger partial charge in [0.1, 0.15) is 0 Å². The molecule has 1 aromatic heterocycles. The van der Waals surface area contributed by atoms with Crippen molar-refractivity contribution >= 4 is 23.2 Å². The Morgan fingerprint density at radius 2 is 2.00 bits per heavy atom. The first-order chi connectivity index (χ1) is 8.20. The maximum absolute atomic E-state index is 6.13. The molecule has 3 nitrogen and oxygen atoms in total. The molecule has 0 amide bonds. The third-order valence-electron chi connectivity index (χ3n) is 2.36. The zero-order valence-corrected chi connectivity index (χ0v) is 10.9. The molecule has 5 heteroatoms. The highest BCUT2D eigenvalue weighted by Crippen LogP contribution is 2.26. The third-order valence-corrected chi connectivity index (χ3v) is 3.02. The Labute approximate surface area is 110 Å². The first-order valence-corrected chi connectivity index (χ1v) is 6.25. The third kappa shape index (κ3) is 2.99. The van der Waals surface area contributed by atoms with Gasteiger partial charge in [-0.05, 0) is 30.7 Å². The number of halogens is 2. The van der Waals surface area contributed by atoms with Gasteiger partial charge < -0.3 is 4.52 Å². The van der Waals surface area contributed by atoms with Crippen molar-refractivity contribution in [2.24, 2.45) is 0 Å². The molecule has 2 aromatic rings. The summed E-state index contributed by atoms with van der Waals surface area (Å²) < 4.78 is 5.17. The summed E-state index contributed by atoms with van der Waals surface area (Å²) in [6.07, 6.45) is 1.82. The van der Waals surface area contributed by atoms with Gasteiger partial charge in [-0.25, -0.2) is 0 Å². The number of aromatic nitrogens is 2. The summed E-state index contributed by atoms with van der Waals surface area (Å²) in [4.78, 5) is 4.28. The summed E-state index contributed by atoms with van der Waals surface area (Å²) in [5, 5.41) is 4.37. The van der Waals surface area contributed by atoms with Crippen LogP contribution >= 0.6 is 23.2 Å². The number of alkyl halides is 1. The summed E-state index contributed by atoms with van der Waals surface area (Å²) in [5.41, 5.74) is 0.841. The van der Waals surface area contributed by atoms with E-state index in [4.69, 9.17) is 27.7 Å². The molecule has 0 aliphatic heterocycles. The Morgan fingerprint density at radius 3 is 2.65 bits per heavy atom. The standard InChI is InChI=1S/C12H12Cl2N2O/c1-2-3-10(14)11-15-12(17-16-11)8-4-6-9(13)7-5-8/h4-7,10H,2-3H2,1H3. The number of rotatable bonds is 4. The first-order valence-electron chi connectivity index (χ1n) is 5.44. The topological polar surface area (TPSA) is 38.9 Å². The van der Waals surface area contributed by atoms with Crippen molar-refractivity contribution in [2.75, 3.05) is 0 Å². The van der Waals surface area contributed by atoms with Crippen LogP contribution in [0.4, 0.5) is 0 Å². The van der Waals surface area contributed by atoms with Crippen molar-refractivity contribution in [3.05, 3.63) is 35.1 Å². The fraction of sp³-hybridized carbons (Fsp3) is 0.333. The van der Waals surface area contributed by atoms with Gasteiger partial charge in [-0.3, -0.25) is 0 Å². The number of benzene rings is 1. The summed E-state index contributed by atoms with van der Waals surface area (Å²) >= 11 is 11.9. The molecular formula is C12H12Cl2N2O. The Hall–Kier alpha value is -1.06. The molecule has 0 aliphatic rings. The van der Waals surface area contributed by atoms with Gasteiger partial charge in [0.25, 0.3) is 5.89 Å². The second-order valence-electron chi connectivity index (χ2n) is 3.72. The van der Waals surface area contributed by atoms with E-state index in [1.807, 2.05) is 12.1 Å². The van der Waals surface area contributed by atoms with Crippen molar-refractivity contribution in [3.63, 3.8) is 0 Å². The van der Waals surface area contributed by atoms with Crippen LogP contribution in [0.25, 0.3) is 11.5 Å². The maximum atomic E-state index is 6.13. The van der Waals surface area contributed by atoms with Crippen LogP contribution in [-0.4, -0.2) is 10.1 Å². The highest BCUT2D eigenvalue weighted by atomic mass is 35.5. The molecule has 1 heterocycles. The first kappa shape index (κ1) is 12.4. The van der Waals surface area contributed by atoms with Gasteiger partial charge in [-0.15, -0.1) is 11.6 Å². The van der Waals surface area contributed by atoms with Crippen LogP contribution in [-0.2, 0) is 0 Å². The lowest BCUT2D eigenvalue weighted by Crippen LogP contribution is -1.92. The minimum absolute atomic E-state index is 0.190. The van der Waals surface area contributed by atoms with Gasteiger partial charge >= 0.3 is 0 Å². The molecule has 90 valence electrons. The summed E-state index contributed by atoms with van der Waals surface area (Å²) in [6, 6.07) is 7.24. The molecular weight excluding hydrogens is 259 g/mol. The Morgan fingerprint density at radius 1 is 1.29 bits per heavy atom. The fourth-order valence-electron chi connectivity index (χ4n) is 1.45.